The van der Waals surface area contributed by atoms with Gasteiger partial charge in [0.1, 0.15) is 5.60 Å². The standard InChI is InChI=1S/C8H15NO3/c1-8(2,3)12-7(10)5-4-6-11-9/h4-5H,6,9H2,1-3H3. The minimum atomic E-state index is -0.453. The van der Waals surface area contributed by atoms with E-state index in [1.54, 1.807) is 20.8 Å². The first-order valence-corrected chi connectivity index (χ1v) is 3.67. The molecule has 0 saturated carbocycles. The summed E-state index contributed by atoms with van der Waals surface area (Å²) in [7, 11) is 0. The molecule has 0 spiro atoms. The molecule has 70 valence electrons. The first kappa shape index (κ1) is 11.1. The number of ether oxygens (including phenoxy) is 1. The lowest BCUT2D eigenvalue weighted by atomic mass is 10.2. The van der Waals surface area contributed by atoms with Crippen LogP contribution >= 0.6 is 0 Å². The predicted molar refractivity (Wildman–Crippen MR) is 45.1 cm³/mol. The second kappa shape index (κ2) is 4.90. The lowest BCUT2D eigenvalue weighted by Gasteiger charge is -2.17. The average molecular weight is 173 g/mol. The second-order valence-electron chi connectivity index (χ2n) is 3.27. The number of carbonyl (C=O) groups excluding carboxylic acids is 1. The van der Waals surface area contributed by atoms with Gasteiger partial charge in [0.25, 0.3) is 0 Å². The van der Waals surface area contributed by atoms with Gasteiger partial charge in [-0.1, -0.05) is 0 Å². The average Bonchev–Trinajstić information content (AvgIpc) is 1.84. The van der Waals surface area contributed by atoms with E-state index in [4.69, 9.17) is 10.6 Å². The van der Waals surface area contributed by atoms with Crippen LogP contribution < -0.4 is 5.90 Å². The molecule has 12 heavy (non-hydrogen) atoms. The van der Waals surface area contributed by atoms with Gasteiger partial charge >= 0.3 is 5.97 Å². The van der Waals surface area contributed by atoms with Crippen molar-refractivity contribution in [3.8, 4) is 0 Å². The van der Waals surface area contributed by atoms with Crippen molar-refractivity contribution in [3.63, 3.8) is 0 Å². The molecule has 0 aromatic heterocycles. The zero-order valence-electron chi connectivity index (χ0n) is 7.66. The number of carbonyl (C=O) groups is 1. The van der Waals surface area contributed by atoms with E-state index < -0.39 is 5.60 Å². The highest BCUT2D eigenvalue weighted by molar-refractivity contribution is 5.82. The van der Waals surface area contributed by atoms with E-state index in [-0.39, 0.29) is 12.6 Å². The summed E-state index contributed by atoms with van der Waals surface area (Å²) in [4.78, 5) is 15.2. The van der Waals surface area contributed by atoms with Gasteiger partial charge in [-0.05, 0) is 26.8 Å². The maximum Gasteiger partial charge on any atom is 0.331 e. The van der Waals surface area contributed by atoms with E-state index in [2.05, 4.69) is 4.84 Å². The quantitative estimate of drug-likeness (QED) is 0.389. The van der Waals surface area contributed by atoms with Gasteiger partial charge in [0.2, 0.25) is 0 Å². The zero-order valence-corrected chi connectivity index (χ0v) is 7.66. The fourth-order valence-electron chi connectivity index (χ4n) is 0.536. The highest BCUT2D eigenvalue weighted by Gasteiger charge is 2.13. The summed E-state index contributed by atoms with van der Waals surface area (Å²) < 4.78 is 4.96. The van der Waals surface area contributed by atoms with Crippen LogP contribution in [0.25, 0.3) is 0 Å². The number of rotatable bonds is 3. The van der Waals surface area contributed by atoms with Gasteiger partial charge in [-0.2, -0.15) is 0 Å². The summed E-state index contributed by atoms with van der Waals surface area (Å²) >= 11 is 0. The number of hydrogen-bond acceptors (Lipinski definition) is 4. The van der Waals surface area contributed by atoms with Crippen LogP contribution in [0.15, 0.2) is 12.2 Å². The smallest absolute Gasteiger partial charge is 0.331 e. The van der Waals surface area contributed by atoms with Crippen molar-refractivity contribution in [2.45, 2.75) is 26.4 Å². The first-order chi connectivity index (χ1) is 5.45. The maximum absolute atomic E-state index is 10.9. The van der Waals surface area contributed by atoms with Crippen molar-refractivity contribution >= 4 is 5.97 Å². The Morgan fingerprint density at radius 1 is 1.50 bits per heavy atom. The fourth-order valence-corrected chi connectivity index (χ4v) is 0.536. The molecule has 0 unspecified atom stereocenters. The van der Waals surface area contributed by atoms with Crippen molar-refractivity contribution in [3.05, 3.63) is 12.2 Å². The van der Waals surface area contributed by atoms with Crippen molar-refractivity contribution < 1.29 is 14.4 Å². The Balaban J connectivity index is 3.75. The Hall–Kier alpha value is -0.870. The molecule has 0 aromatic rings. The van der Waals surface area contributed by atoms with Crippen molar-refractivity contribution in [1.82, 2.24) is 0 Å². The lowest BCUT2D eigenvalue weighted by Crippen LogP contribution is -2.22. The molecule has 4 heteroatoms. The third-order valence-electron chi connectivity index (χ3n) is 0.853. The fraction of sp³-hybridized carbons (Fsp3) is 0.625. The predicted octanol–water partition coefficient (Wildman–Crippen LogP) is 0.775. The Bertz CT molecular complexity index is 170. The number of esters is 1. The Labute approximate surface area is 72.3 Å². The van der Waals surface area contributed by atoms with Crippen LogP contribution in [0.1, 0.15) is 20.8 Å². The van der Waals surface area contributed by atoms with Gasteiger partial charge < -0.3 is 9.57 Å². The molecule has 0 atom stereocenters. The highest BCUT2D eigenvalue weighted by Crippen LogP contribution is 2.06. The molecule has 0 fully saturated rings. The van der Waals surface area contributed by atoms with Crippen LogP contribution in [-0.4, -0.2) is 18.2 Å². The maximum atomic E-state index is 10.9. The topological polar surface area (TPSA) is 61.5 Å². The third-order valence-corrected chi connectivity index (χ3v) is 0.853. The lowest BCUT2D eigenvalue weighted by molar-refractivity contribution is -0.148. The van der Waals surface area contributed by atoms with Crippen LogP contribution in [0.4, 0.5) is 0 Å². The van der Waals surface area contributed by atoms with Crippen LogP contribution in [-0.2, 0) is 14.4 Å². The molecule has 0 bridgehead atoms. The van der Waals surface area contributed by atoms with Crippen LogP contribution in [0.2, 0.25) is 0 Å². The number of hydrogen-bond donors (Lipinski definition) is 1. The summed E-state index contributed by atoms with van der Waals surface area (Å²) in [6.07, 6.45) is 2.78. The van der Waals surface area contributed by atoms with Crippen molar-refractivity contribution in [2.75, 3.05) is 6.61 Å². The molecule has 0 aliphatic carbocycles. The molecule has 0 rings (SSSR count). The van der Waals surface area contributed by atoms with Gasteiger partial charge in [-0.15, -0.1) is 0 Å². The Morgan fingerprint density at radius 3 is 2.50 bits per heavy atom. The van der Waals surface area contributed by atoms with Crippen molar-refractivity contribution in [2.24, 2.45) is 5.90 Å². The molecule has 0 aliphatic rings. The molecule has 0 saturated heterocycles. The van der Waals surface area contributed by atoms with Gasteiger partial charge in [0.15, 0.2) is 0 Å². The minimum Gasteiger partial charge on any atom is -0.457 e. The van der Waals surface area contributed by atoms with E-state index in [1.165, 1.54) is 12.2 Å². The molecule has 2 N–H and O–H groups in total. The molecule has 0 aromatic carbocycles. The summed E-state index contributed by atoms with van der Waals surface area (Å²) in [6, 6.07) is 0. The van der Waals surface area contributed by atoms with E-state index >= 15 is 0 Å². The molecular formula is C8H15NO3. The zero-order chi connectivity index (χ0) is 9.61. The molecule has 0 heterocycles. The summed E-state index contributed by atoms with van der Waals surface area (Å²) in [5.41, 5.74) is -0.453. The number of nitrogens with two attached hydrogens (primary N) is 1. The van der Waals surface area contributed by atoms with E-state index in [1.807, 2.05) is 0 Å². The van der Waals surface area contributed by atoms with Gasteiger partial charge in [-0.25, -0.2) is 10.7 Å². The SMILES string of the molecule is CC(C)(C)OC(=O)C=CCON. The highest BCUT2D eigenvalue weighted by atomic mass is 16.6. The van der Waals surface area contributed by atoms with E-state index in [0.29, 0.717) is 0 Å². The summed E-state index contributed by atoms with van der Waals surface area (Å²) in [6.45, 7) is 5.62. The summed E-state index contributed by atoms with van der Waals surface area (Å²) in [5, 5.41) is 0. The van der Waals surface area contributed by atoms with Gasteiger partial charge in [-0.3, -0.25) is 0 Å². The third kappa shape index (κ3) is 7.24. The Morgan fingerprint density at radius 2 is 2.08 bits per heavy atom. The molecule has 0 aliphatic heterocycles. The monoisotopic (exact) mass is 173 g/mol. The van der Waals surface area contributed by atoms with Gasteiger partial charge in [0.05, 0.1) is 6.61 Å². The Kier molecular flexibility index (Phi) is 4.54. The van der Waals surface area contributed by atoms with Crippen molar-refractivity contribution in [1.29, 1.82) is 0 Å². The van der Waals surface area contributed by atoms with Crippen LogP contribution in [0.3, 0.4) is 0 Å². The molecular weight excluding hydrogens is 158 g/mol. The summed E-state index contributed by atoms with van der Waals surface area (Å²) in [5.74, 6) is 4.35. The first-order valence-electron chi connectivity index (χ1n) is 3.67. The molecule has 4 nitrogen and oxygen atoms in total. The van der Waals surface area contributed by atoms with E-state index in [0.717, 1.165) is 0 Å². The van der Waals surface area contributed by atoms with Gasteiger partial charge in [0, 0.05) is 6.08 Å². The largest absolute Gasteiger partial charge is 0.457 e. The minimum absolute atomic E-state index is 0.208. The second-order valence-corrected chi connectivity index (χ2v) is 3.27. The normalized spacial score (nSPS) is 12.0. The molecule has 0 amide bonds. The molecule has 0 radical (unpaired) electrons. The van der Waals surface area contributed by atoms with Crippen LogP contribution in [0, 0.1) is 0 Å². The van der Waals surface area contributed by atoms with Crippen LogP contribution in [0.5, 0.6) is 0 Å². The van der Waals surface area contributed by atoms with E-state index in [9.17, 15) is 4.79 Å².